The van der Waals surface area contributed by atoms with Crippen molar-refractivity contribution in [2.24, 2.45) is 0 Å². The van der Waals surface area contributed by atoms with E-state index in [9.17, 15) is 0 Å². The van der Waals surface area contributed by atoms with E-state index in [4.69, 9.17) is 4.74 Å². The summed E-state index contributed by atoms with van der Waals surface area (Å²) in [5, 5.41) is 7.25. The quantitative estimate of drug-likeness (QED) is 0.239. The van der Waals surface area contributed by atoms with Crippen molar-refractivity contribution in [1.29, 1.82) is 0 Å². The third-order valence-electron chi connectivity index (χ3n) is 7.83. The van der Waals surface area contributed by atoms with Gasteiger partial charge >= 0.3 is 0 Å². The number of hydrogen-bond acceptors (Lipinski definition) is 3. The molecule has 196 valence electrons. The molecule has 1 N–H and O–H groups in total. The highest BCUT2D eigenvalue weighted by Gasteiger charge is 2.30. The maximum absolute atomic E-state index is 15.2. The lowest BCUT2D eigenvalue weighted by Gasteiger charge is -2.38. The summed E-state index contributed by atoms with van der Waals surface area (Å²) < 4.78 is 20.7. The number of ether oxygens (including phenoxy) is 1. The van der Waals surface area contributed by atoms with Crippen molar-refractivity contribution in [3.63, 3.8) is 0 Å². The number of halogens is 1. The molecule has 1 aromatic heterocycles. The van der Waals surface area contributed by atoms with Crippen molar-refractivity contribution >= 4 is 0 Å². The summed E-state index contributed by atoms with van der Waals surface area (Å²) in [7, 11) is 1.71. The summed E-state index contributed by atoms with van der Waals surface area (Å²) in [5.74, 6) is 1.07. The van der Waals surface area contributed by atoms with Crippen molar-refractivity contribution in [3.8, 4) is 28.0 Å². The van der Waals surface area contributed by atoms with E-state index in [2.05, 4.69) is 57.6 Å². The van der Waals surface area contributed by atoms with Crippen LogP contribution in [0.25, 0.3) is 22.3 Å². The average Bonchev–Trinajstić information content (AvgIpc) is 3.53. The Kier molecular flexibility index (Phi) is 7.24. The highest BCUT2D eigenvalue weighted by molar-refractivity contribution is 5.71. The fraction of sp³-hybridized carbons (Fsp3) is 0.206. The minimum Gasteiger partial charge on any atom is -0.497 e. The second-order valence-electron chi connectivity index (χ2n) is 10.2. The lowest BCUT2D eigenvalue weighted by Crippen LogP contribution is -2.37. The molecule has 1 aliphatic rings. The number of rotatable bonds is 7. The van der Waals surface area contributed by atoms with E-state index >= 15 is 4.39 Å². The molecule has 5 aromatic rings. The molecule has 0 spiro atoms. The number of nitrogens with zero attached hydrogens (tertiary/aromatic N) is 2. The molecule has 1 saturated heterocycles. The standard InChI is InChI=1S/C34H32FN3O/c1-39-31-11-5-9-27(19-31)29-10-6-18-38(23-29)34(30-21-36-37-22-30)28-16-17-33(35)32(20-28)26-14-12-25(13-15-26)24-7-3-2-4-8-24/h2-5,7-9,11-17,19-22,29,34H,6,10,18,23H2,1H3,(H,36,37). The number of piperidine rings is 1. The predicted octanol–water partition coefficient (Wildman–Crippen LogP) is 7.86. The van der Waals surface area contributed by atoms with Crippen LogP contribution < -0.4 is 4.74 Å². The van der Waals surface area contributed by atoms with Crippen LogP contribution in [0.5, 0.6) is 5.75 Å². The van der Waals surface area contributed by atoms with Crippen LogP contribution in [0.1, 0.15) is 41.5 Å². The zero-order valence-corrected chi connectivity index (χ0v) is 22.1. The summed E-state index contributed by atoms with van der Waals surface area (Å²) in [6.45, 7) is 1.87. The molecule has 0 amide bonds. The fourth-order valence-corrected chi connectivity index (χ4v) is 5.84. The first kappa shape index (κ1) is 25.1. The molecular weight excluding hydrogens is 485 g/mol. The maximum atomic E-state index is 15.2. The van der Waals surface area contributed by atoms with Crippen LogP contribution in [0.4, 0.5) is 4.39 Å². The van der Waals surface area contributed by atoms with Gasteiger partial charge in [0, 0.05) is 23.9 Å². The van der Waals surface area contributed by atoms with Gasteiger partial charge < -0.3 is 4.74 Å². The van der Waals surface area contributed by atoms with Crippen molar-refractivity contribution in [3.05, 3.63) is 132 Å². The van der Waals surface area contributed by atoms with Crippen molar-refractivity contribution in [2.75, 3.05) is 20.2 Å². The molecule has 2 heterocycles. The largest absolute Gasteiger partial charge is 0.497 e. The zero-order chi connectivity index (χ0) is 26.6. The Bertz CT molecular complexity index is 1520. The van der Waals surface area contributed by atoms with Crippen LogP contribution in [0.15, 0.2) is 109 Å². The molecule has 4 aromatic carbocycles. The molecular formula is C34H32FN3O. The molecule has 1 aliphatic heterocycles. The maximum Gasteiger partial charge on any atom is 0.131 e. The second-order valence-corrected chi connectivity index (χ2v) is 10.2. The van der Waals surface area contributed by atoms with Gasteiger partial charge in [-0.3, -0.25) is 10.00 Å². The van der Waals surface area contributed by atoms with Crippen LogP contribution in [-0.2, 0) is 0 Å². The van der Waals surface area contributed by atoms with Crippen molar-refractivity contribution < 1.29 is 9.13 Å². The molecule has 1 fully saturated rings. The Hall–Kier alpha value is -4.22. The number of hydrogen-bond donors (Lipinski definition) is 1. The third kappa shape index (κ3) is 5.36. The highest BCUT2D eigenvalue weighted by Crippen LogP contribution is 2.38. The number of aromatic nitrogens is 2. The third-order valence-corrected chi connectivity index (χ3v) is 7.83. The molecule has 2 atom stereocenters. The van der Waals surface area contributed by atoms with Gasteiger partial charge in [-0.25, -0.2) is 4.39 Å². The Balaban J connectivity index is 1.33. The lowest BCUT2D eigenvalue weighted by atomic mass is 9.87. The number of benzene rings is 4. The molecule has 39 heavy (non-hydrogen) atoms. The van der Waals surface area contributed by atoms with Crippen LogP contribution in [-0.4, -0.2) is 35.3 Å². The van der Waals surface area contributed by atoms with Gasteiger partial charge in [0.1, 0.15) is 11.6 Å². The minimum absolute atomic E-state index is 0.0277. The van der Waals surface area contributed by atoms with E-state index in [0.29, 0.717) is 11.5 Å². The SMILES string of the molecule is COc1cccc(C2CCCN(C(c3cn[nH]c3)c3ccc(F)c(-c4ccc(-c5ccccc5)cc4)c3)C2)c1. The Labute approximate surface area is 229 Å². The molecule has 4 nitrogen and oxygen atoms in total. The van der Waals surface area contributed by atoms with Crippen LogP contribution in [0.2, 0.25) is 0 Å². The summed E-state index contributed by atoms with van der Waals surface area (Å²) >= 11 is 0. The van der Waals surface area contributed by atoms with Gasteiger partial charge in [0.05, 0.1) is 19.3 Å². The van der Waals surface area contributed by atoms with Gasteiger partial charge in [-0.05, 0) is 77.4 Å². The number of nitrogens with one attached hydrogen (secondary N) is 1. The summed E-state index contributed by atoms with van der Waals surface area (Å²) in [4.78, 5) is 2.51. The molecule has 0 bridgehead atoms. The lowest BCUT2D eigenvalue weighted by molar-refractivity contribution is 0.169. The smallest absolute Gasteiger partial charge is 0.131 e. The Morgan fingerprint density at radius 2 is 1.67 bits per heavy atom. The van der Waals surface area contributed by atoms with Gasteiger partial charge in [0.25, 0.3) is 0 Å². The number of H-pyrrole nitrogens is 1. The normalized spacial score (nSPS) is 16.6. The highest BCUT2D eigenvalue weighted by atomic mass is 19.1. The van der Waals surface area contributed by atoms with E-state index in [1.807, 2.05) is 60.9 Å². The minimum atomic E-state index is -0.218. The molecule has 0 saturated carbocycles. The first-order valence-electron chi connectivity index (χ1n) is 13.5. The summed E-state index contributed by atoms with van der Waals surface area (Å²) in [6, 6.07) is 32.3. The van der Waals surface area contributed by atoms with E-state index in [1.165, 1.54) is 5.56 Å². The van der Waals surface area contributed by atoms with Gasteiger partial charge in [-0.2, -0.15) is 5.10 Å². The zero-order valence-electron chi connectivity index (χ0n) is 22.1. The molecule has 0 radical (unpaired) electrons. The predicted molar refractivity (Wildman–Crippen MR) is 154 cm³/mol. The van der Waals surface area contributed by atoms with E-state index in [0.717, 1.165) is 59.5 Å². The van der Waals surface area contributed by atoms with E-state index < -0.39 is 0 Å². The number of methoxy groups -OCH3 is 1. The monoisotopic (exact) mass is 517 g/mol. The van der Waals surface area contributed by atoms with Crippen LogP contribution in [0, 0.1) is 5.82 Å². The Morgan fingerprint density at radius 1 is 0.872 bits per heavy atom. The van der Waals surface area contributed by atoms with E-state index in [1.54, 1.807) is 13.2 Å². The molecule has 2 unspecified atom stereocenters. The Morgan fingerprint density at radius 3 is 2.44 bits per heavy atom. The van der Waals surface area contributed by atoms with Crippen molar-refractivity contribution in [2.45, 2.75) is 24.8 Å². The first-order valence-corrected chi connectivity index (χ1v) is 13.5. The average molecular weight is 518 g/mol. The molecule has 5 heteroatoms. The summed E-state index contributed by atoms with van der Waals surface area (Å²) in [6.07, 6.45) is 6.06. The molecule has 0 aliphatic carbocycles. The van der Waals surface area contributed by atoms with Crippen LogP contribution >= 0.6 is 0 Å². The van der Waals surface area contributed by atoms with E-state index in [-0.39, 0.29) is 11.9 Å². The van der Waals surface area contributed by atoms with Gasteiger partial charge in [0.2, 0.25) is 0 Å². The molecule has 6 rings (SSSR count). The van der Waals surface area contributed by atoms with Gasteiger partial charge in [0.15, 0.2) is 0 Å². The number of likely N-dealkylation sites (tertiary alicyclic amines) is 1. The fourth-order valence-electron chi connectivity index (χ4n) is 5.84. The second kappa shape index (κ2) is 11.3. The van der Waals surface area contributed by atoms with Gasteiger partial charge in [-0.15, -0.1) is 0 Å². The first-order chi connectivity index (χ1) is 19.2. The van der Waals surface area contributed by atoms with Crippen molar-refractivity contribution in [1.82, 2.24) is 15.1 Å². The van der Waals surface area contributed by atoms with Gasteiger partial charge in [-0.1, -0.05) is 72.8 Å². The summed E-state index contributed by atoms with van der Waals surface area (Å²) in [5.41, 5.74) is 7.18. The van der Waals surface area contributed by atoms with Crippen LogP contribution in [0.3, 0.4) is 0 Å². The topological polar surface area (TPSA) is 41.1 Å². The number of aromatic amines is 1.